The van der Waals surface area contributed by atoms with Crippen LogP contribution in [0.5, 0.6) is 5.75 Å². The normalized spacial score (nSPS) is 9.38. The fourth-order valence-electron chi connectivity index (χ4n) is 1.67. The van der Waals surface area contributed by atoms with Gasteiger partial charge in [-0.2, -0.15) is 5.26 Å². The van der Waals surface area contributed by atoms with E-state index in [0.29, 0.717) is 11.1 Å². The van der Waals surface area contributed by atoms with Crippen molar-refractivity contribution < 1.29 is 14.2 Å². The van der Waals surface area contributed by atoms with E-state index in [4.69, 9.17) is 15.1 Å². The number of nitriles is 1. The van der Waals surface area contributed by atoms with Crippen molar-refractivity contribution in [2.75, 3.05) is 6.61 Å². The highest BCUT2D eigenvalue weighted by Crippen LogP contribution is 2.20. The topological polar surface area (TPSA) is 53.2 Å². The van der Waals surface area contributed by atoms with Crippen LogP contribution in [0.15, 0.2) is 42.5 Å². The van der Waals surface area contributed by atoms with Crippen LogP contribution in [0.2, 0.25) is 0 Å². The standard InChI is InChI=1S/C17H12FNO2/c18-16-8-7-13(2-1-9-20)10-17(16)21-12-15-5-3-14(11-19)4-6-15/h3-8,10,20H,9,12H2. The number of hydrogen-bond acceptors (Lipinski definition) is 3. The molecule has 4 heteroatoms. The van der Waals surface area contributed by atoms with Crippen molar-refractivity contribution >= 4 is 0 Å². The number of aliphatic hydroxyl groups is 1. The molecule has 0 atom stereocenters. The Morgan fingerprint density at radius 3 is 2.48 bits per heavy atom. The lowest BCUT2D eigenvalue weighted by atomic mass is 10.1. The molecule has 2 aromatic carbocycles. The van der Waals surface area contributed by atoms with E-state index < -0.39 is 5.82 Å². The van der Waals surface area contributed by atoms with Crippen LogP contribution in [0.1, 0.15) is 16.7 Å². The quantitative estimate of drug-likeness (QED) is 0.880. The lowest BCUT2D eigenvalue weighted by Crippen LogP contribution is -1.98. The third-order valence-corrected chi connectivity index (χ3v) is 2.72. The number of halogens is 1. The summed E-state index contributed by atoms with van der Waals surface area (Å²) in [6, 6.07) is 13.2. The Kier molecular flexibility index (Phi) is 4.93. The fraction of sp³-hybridized carbons (Fsp3) is 0.118. The van der Waals surface area contributed by atoms with Crippen LogP contribution in [0.3, 0.4) is 0 Å². The monoisotopic (exact) mass is 281 g/mol. The Labute approximate surface area is 122 Å². The van der Waals surface area contributed by atoms with Gasteiger partial charge in [0.25, 0.3) is 0 Å². The summed E-state index contributed by atoms with van der Waals surface area (Å²) in [7, 11) is 0. The van der Waals surface area contributed by atoms with Crippen LogP contribution in [0.25, 0.3) is 0 Å². The molecule has 0 bridgehead atoms. The first-order valence-corrected chi connectivity index (χ1v) is 6.24. The van der Waals surface area contributed by atoms with E-state index in [1.807, 2.05) is 6.07 Å². The second kappa shape index (κ2) is 7.09. The van der Waals surface area contributed by atoms with Crippen LogP contribution < -0.4 is 4.74 Å². The van der Waals surface area contributed by atoms with Crippen LogP contribution in [0.4, 0.5) is 4.39 Å². The van der Waals surface area contributed by atoms with E-state index in [0.717, 1.165) is 5.56 Å². The van der Waals surface area contributed by atoms with Gasteiger partial charge >= 0.3 is 0 Å². The largest absolute Gasteiger partial charge is 0.486 e. The molecular weight excluding hydrogens is 269 g/mol. The average molecular weight is 281 g/mol. The minimum absolute atomic E-state index is 0.101. The lowest BCUT2D eigenvalue weighted by molar-refractivity contribution is 0.290. The van der Waals surface area contributed by atoms with Crippen LogP contribution >= 0.6 is 0 Å². The molecule has 21 heavy (non-hydrogen) atoms. The zero-order valence-electron chi connectivity index (χ0n) is 11.1. The second-order valence-electron chi connectivity index (χ2n) is 4.20. The van der Waals surface area contributed by atoms with Crippen molar-refractivity contribution in [3.05, 3.63) is 65.0 Å². The maximum absolute atomic E-state index is 13.6. The molecule has 104 valence electrons. The summed E-state index contributed by atoms with van der Waals surface area (Å²) >= 11 is 0. The van der Waals surface area contributed by atoms with Crippen LogP contribution in [-0.4, -0.2) is 11.7 Å². The molecule has 0 fully saturated rings. The van der Waals surface area contributed by atoms with E-state index in [9.17, 15) is 4.39 Å². The minimum atomic E-state index is -0.474. The molecule has 0 spiro atoms. The summed E-state index contributed by atoms with van der Waals surface area (Å²) in [5, 5.41) is 17.4. The molecule has 0 amide bonds. The highest BCUT2D eigenvalue weighted by molar-refractivity contribution is 5.41. The zero-order chi connectivity index (χ0) is 15.1. The SMILES string of the molecule is N#Cc1ccc(COc2cc(C#CCO)ccc2F)cc1. The maximum Gasteiger partial charge on any atom is 0.165 e. The van der Waals surface area contributed by atoms with Gasteiger partial charge in [-0.25, -0.2) is 4.39 Å². The molecule has 0 heterocycles. The molecule has 0 saturated heterocycles. The van der Waals surface area contributed by atoms with Gasteiger partial charge in [0.2, 0.25) is 0 Å². The molecule has 0 unspecified atom stereocenters. The van der Waals surface area contributed by atoms with Gasteiger partial charge in [-0.3, -0.25) is 0 Å². The van der Waals surface area contributed by atoms with Crippen LogP contribution in [0, 0.1) is 29.0 Å². The predicted octanol–water partition coefficient (Wildman–Crippen LogP) is 2.62. The van der Waals surface area contributed by atoms with Crippen molar-refractivity contribution in [3.63, 3.8) is 0 Å². The minimum Gasteiger partial charge on any atom is -0.486 e. The second-order valence-corrected chi connectivity index (χ2v) is 4.20. The number of hydrogen-bond donors (Lipinski definition) is 1. The molecule has 2 aromatic rings. The number of rotatable bonds is 3. The Balaban J connectivity index is 2.09. The van der Waals surface area contributed by atoms with Crippen LogP contribution in [-0.2, 0) is 6.61 Å². The van der Waals surface area contributed by atoms with E-state index in [1.54, 1.807) is 24.3 Å². The van der Waals surface area contributed by atoms with Crippen molar-refractivity contribution in [2.45, 2.75) is 6.61 Å². The number of ether oxygens (including phenoxy) is 1. The highest BCUT2D eigenvalue weighted by atomic mass is 19.1. The van der Waals surface area contributed by atoms with E-state index in [-0.39, 0.29) is 19.0 Å². The third-order valence-electron chi connectivity index (χ3n) is 2.72. The summed E-state index contributed by atoms with van der Waals surface area (Å²) in [5.74, 6) is 4.81. The lowest BCUT2D eigenvalue weighted by Gasteiger charge is -2.08. The van der Waals surface area contributed by atoms with Gasteiger partial charge in [0.05, 0.1) is 11.6 Å². The summed E-state index contributed by atoms with van der Waals surface area (Å²) in [6.07, 6.45) is 0. The predicted molar refractivity (Wildman–Crippen MR) is 75.9 cm³/mol. The first kappa shape index (κ1) is 14.6. The first-order chi connectivity index (χ1) is 10.2. The van der Waals surface area contributed by atoms with E-state index in [2.05, 4.69) is 11.8 Å². The molecule has 0 aliphatic rings. The van der Waals surface area contributed by atoms with E-state index >= 15 is 0 Å². The molecule has 0 saturated carbocycles. The maximum atomic E-state index is 13.6. The molecular formula is C17H12FNO2. The Hall–Kier alpha value is -2.82. The number of nitrogens with zero attached hydrogens (tertiary/aromatic N) is 1. The van der Waals surface area contributed by atoms with Crippen molar-refractivity contribution in [3.8, 4) is 23.7 Å². The van der Waals surface area contributed by atoms with Gasteiger partial charge in [-0.15, -0.1) is 0 Å². The number of benzene rings is 2. The summed E-state index contributed by atoms with van der Waals surface area (Å²) < 4.78 is 19.1. The highest BCUT2D eigenvalue weighted by Gasteiger charge is 2.04. The average Bonchev–Trinajstić information content (AvgIpc) is 2.53. The number of aliphatic hydroxyl groups excluding tert-OH is 1. The summed E-state index contributed by atoms with van der Waals surface area (Å²) in [6.45, 7) is -0.0572. The van der Waals surface area contributed by atoms with Crippen molar-refractivity contribution in [2.24, 2.45) is 0 Å². The third kappa shape index (κ3) is 4.07. The summed E-state index contributed by atoms with van der Waals surface area (Å²) in [5.41, 5.74) is 1.96. The smallest absolute Gasteiger partial charge is 0.165 e. The Bertz CT molecular complexity index is 721. The molecule has 0 aliphatic heterocycles. The Morgan fingerprint density at radius 1 is 1.10 bits per heavy atom. The summed E-state index contributed by atoms with van der Waals surface area (Å²) in [4.78, 5) is 0. The first-order valence-electron chi connectivity index (χ1n) is 6.24. The van der Waals surface area contributed by atoms with Gasteiger partial charge in [-0.05, 0) is 35.9 Å². The molecule has 0 radical (unpaired) electrons. The molecule has 0 aliphatic carbocycles. The van der Waals surface area contributed by atoms with Crippen molar-refractivity contribution in [1.29, 1.82) is 5.26 Å². The van der Waals surface area contributed by atoms with Gasteiger partial charge in [0.15, 0.2) is 11.6 Å². The van der Waals surface area contributed by atoms with Gasteiger partial charge in [0, 0.05) is 5.56 Å². The molecule has 0 aromatic heterocycles. The fourth-order valence-corrected chi connectivity index (χ4v) is 1.67. The molecule has 3 nitrogen and oxygen atoms in total. The van der Waals surface area contributed by atoms with Gasteiger partial charge in [0.1, 0.15) is 13.2 Å². The van der Waals surface area contributed by atoms with Gasteiger partial charge < -0.3 is 9.84 Å². The Morgan fingerprint density at radius 2 is 1.81 bits per heavy atom. The molecule has 1 N–H and O–H groups in total. The van der Waals surface area contributed by atoms with Crippen molar-refractivity contribution in [1.82, 2.24) is 0 Å². The zero-order valence-corrected chi connectivity index (χ0v) is 11.1. The molecule has 2 rings (SSSR count). The van der Waals surface area contributed by atoms with E-state index in [1.165, 1.54) is 18.2 Å². The van der Waals surface area contributed by atoms with Gasteiger partial charge in [-0.1, -0.05) is 24.0 Å².